The van der Waals surface area contributed by atoms with Crippen LogP contribution in [0.5, 0.6) is 0 Å². The molecule has 1 aromatic rings. The van der Waals surface area contributed by atoms with Crippen LogP contribution in [0.1, 0.15) is 52.4 Å². The molecule has 0 atom stereocenters. The summed E-state index contributed by atoms with van der Waals surface area (Å²) in [6.07, 6.45) is 16.3. The number of unbranched alkanes of at least 4 members (excludes halogenated alkanes) is 2. The molecule has 2 heterocycles. The zero-order valence-electron chi connectivity index (χ0n) is 24.7. The van der Waals surface area contributed by atoms with Gasteiger partial charge in [0.1, 0.15) is 12.4 Å². The second-order valence-electron chi connectivity index (χ2n) is 9.95. The first-order valence-electron chi connectivity index (χ1n) is 12.6. The number of halogens is 3. The lowest BCUT2D eigenvalue weighted by Gasteiger charge is -2.28. The van der Waals surface area contributed by atoms with Crippen molar-refractivity contribution in [3.63, 3.8) is 0 Å². The van der Waals surface area contributed by atoms with E-state index < -0.39 is 45.6 Å². The Morgan fingerprint density at radius 1 is 0.829 bits per heavy atom. The van der Waals surface area contributed by atoms with Crippen molar-refractivity contribution in [3.8, 4) is 0 Å². The highest BCUT2D eigenvalue weighted by Gasteiger charge is 2.47. The molecule has 0 aliphatic carbocycles. The molecule has 0 radical (unpaired) electrons. The Hall–Kier alpha value is -1.32. The molecule has 1 aliphatic heterocycles. The first-order chi connectivity index (χ1) is 18.3. The van der Waals surface area contributed by atoms with Crippen LogP contribution in [-0.4, -0.2) is 93.7 Å². The maximum atomic E-state index is 11.4. The molecular weight excluding hydrogens is 636 g/mol. The fraction of sp³-hybridized carbons (Fsp3) is 0.857. The van der Waals surface area contributed by atoms with Gasteiger partial charge in [0.05, 0.1) is 59.0 Å². The third-order valence-electron chi connectivity index (χ3n) is 5.16. The number of aryl methyl sites for hydroxylation is 2. The van der Waals surface area contributed by atoms with E-state index in [1.165, 1.54) is 66.8 Å². The van der Waals surface area contributed by atoms with E-state index in [0.29, 0.717) is 10.4 Å². The smallest absolute Gasteiger partial charge is 0.326 e. The van der Waals surface area contributed by atoms with Crippen molar-refractivity contribution in [1.82, 2.24) is 12.8 Å². The molecule has 246 valence electrons. The Kier molecular flexibility index (Phi) is 18.1. The predicted molar refractivity (Wildman–Crippen MR) is 151 cm³/mol. The minimum atomic E-state index is -5.79. The van der Waals surface area contributed by atoms with Gasteiger partial charge in [0.2, 0.25) is 36.4 Å². The quantitative estimate of drug-likeness (QED) is 0.273. The summed E-state index contributed by atoms with van der Waals surface area (Å²) >= 11 is 0. The second-order valence-corrected chi connectivity index (χ2v) is 17.4. The molecule has 0 amide bonds. The van der Waals surface area contributed by atoms with Crippen LogP contribution in [0.15, 0.2) is 18.7 Å². The van der Waals surface area contributed by atoms with Gasteiger partial charge in [0.25, 0.3) is 0 Å². The van der Waals surface area contributed by atoms with E-state index in [-0.39, 0.29) is 0 Å². The number of sulfonamides is 4. The molecule has 0 saturated carbocycles. The number of aromatic nitrogens is 2. The lowest BCUT2D eigenvalue weighted by atomic mass is 10.3. The van der Waals surface area contributed by atoms with Crippen LogP contribution in [0.2, 0.25) is 0 Å². The van der Waals surface area contributed by atoms with E-state index >= 15 is 0 Å². The molecule has 0 spiro atoms. The lowest BCUT2D eigenvalue weighted by molar-refractivity contribution is -0.897. The van der Waals surface area contributed by atoms with Crippen LogP contribution in [0, 0.1) is 0 Å². The summed E-state index contributed by atoms with van der Waals surface area (Å²) in [7, 11) is -13.0. The van der Waals surface area contributed by atoms with Crippen molar-refractivity contribution >= 4 is 40.1 Å². The number of nitrogens with one attached hydrogen (secondary N) is 2. The van der Waals surface area contributed by atoms with E-state index in [9.17, 15) is 46.8 Å². The summed E-state index contributed by atoms with van der Waals surface area (Å²) in [5.74, 6) is 0. The van der Waals surface area contributed by atoms with Gasteiger partial charge >= 0.3 is 15.5 Å². The van der Waals surface area contributed by atoms with Gasteiger partial charge in [0.15, 0.2) is 0 Å². The standard InChI is InChI=1S/C9H20N.C8H15N2.C2H4F3NO4S2.C2H7NO4S2/c1-3-4-7-10(2)8-5-6-9-10;1-3-4-5-10-7-6-9(2)8-10;1-11(7,8)6-12(9,10)2(3,4)5;1-8(4,5)3-9(2,6)7/h3-9H2,1-2H3;6-8H,3-5H2,1-2H3;6H,1H3;3H,1-2H3/q2*+1;;. The second kappa shape index (κ2) is 17.7. The minimum absolute atomic E-state index is 0.302. The van der Waals surface area contributed by atoms with Crippen molar-refractivity contribution in [2.24, 2.45) is 7.05 Å². The van der Waals surface area contributed by atoms with Crippen molar-refractivity contribution in [2.45, 2.75) is 64.4 Å². The molecule has 1 aliphatic rings. The van der Waals surface area contributed by atoms with Crippen LogP contribution in [0.25, 0.3) is 0 Å². The number of quaternary nitrogens is 1. The average molecular weight is 682 g/mol. The van der Waals surface area contributed by atoms with Gasteiger partial charge < -0.3 is 4.48 Å². The van der Waals surface area contributed by atoms with Gasteiger partial charge in [-0.2, -0.15) is 13.2 Å². The maximum absolute atomic E-state index is 11.4. The highest BCUT2D eigenvalue weighted by atomic mass is 32.3. The summed E-state index contributed by atoms with van der Waals surface area (Å²) in [4.78, 5) is 0. The van der Waals surface area contributed by atoms with E-state index in [1.54, 1.807) is 0 Å². The Morgan fingerprint density at radius 2 is 1.27 bits per heavy atom. The number of hydrogen-bond acceptors (Lipinski definition) is 8. The fourth-order valence-corrected chi connectivity index (χ4v) is 7.53. The van der Waals surface area contributed by atoms with Gasteiger partial charge in [-0.15, -0.1) is 8.25 Å². The van der Waals surface area contributed by atoms with Crippen LogP contribution >= 0.6 is 0 Å². The van der Waals surface area contributed by atoms with Crippen LogP contribution in [-0.2, 0) is 53.7 Å². The maximum Gasteiger partial charge on any atom is 0.512 e. The number of imidazole rings is 1. The predicted octanol–water partition coefficient (Wildman–Crippen LogP) is 1.02. The van der Waals surface area contributed by atoms with Gasteiger partial charge in [-0.1, -0.05) is 26.7 Å². The highest BCUT2D eigenvalue weighted by Crippen LogP contribution is 2.21. The average Bonchev–Trinajstić information content (AvgIpc) is 3.35. The molecular formula is C21H46F3N5O8S4+2. The minimum Gasteiger partial charge on any atom is -0.326 e. The zero-order chi connectivity index (χ0) is 32.8. The van der Waals surface area contributed by atoms with E-state index in [0.717, 1.165) is 19.1 Å². The summed E-state index contributed by atoms with van der Waals surface area (Å²) < 4.78 is 123. The summed E-state index contributed by atoms with van der Waals surface area (Å²) in [5, 5.41) is 0. The van der Waals surface area contributed by atoms with Crippen LogP contribution in [0.3, 0.4) is 0 Å². The molecule has 1 saturated heterocycles. The largest absolute Gasteiger partial charge is 0.512 e. The molecule has 2 N–H and O–H groups in total. The molecule has 1 aromatic heterocycles. The van der Waals surface area contributed by atoms with Gasteiger partial charge in [-0.25, -0.2) is 42.8 Å². The number of alkyl halides is 3. The Bertz CT molecular complexity index is 1290. The van der Waals surface area contributed by atoms with E-state index in [1.807, 2.05) is 7.05 Å². The number of nitrogens with zero attached hydrogens (tertiary/aromatic N) is 3. The van der Waals surface area contributed by atoms with Crippen molar-refractivity contribution in [3.05, 3.63) is 18.7 Å². The lowest BCUT2D eigenvalue weighted by Crippen LogP contribution is -2.41. The molecule has 20 heteroatoms. The zero-order valence-corrected chi connectivity index (χ0v) is 27.9. The molecule has 2 rings (SSSR count). The van der Waals surface area contributed by atoms with E-state index in [4.69, 9.17) is 0 Å². The molecule has 0 unspecified atom stereocenters. The fourth-order valence-electron chi connectivity index (χ4n) is 3.36. The van der Waals surface area contributed by atoms with Crippen LogP contribution in [0.4, 0.5) is 13.2 Å². The third kappa shape index (κ3) is 23.9. The Balaban J connectivity index is 0. The Labute approximate surface area is 243 Å². The molecule has 0 bridgehead atoms. The monoisotopic (exact) mass is 681 g/mol. The summed E-state index contributed by atoms with van der Waals surface area (Å²) in [5.41, 5.74) is -5.62. The van der Waals surface area contributed by atoms with Crippen molar-refractivity contribution in [1.29, 1.82) is 0 Å². The van der Waals surface area contributed by atoms with Gasteiger partial charge in [-0.05, 0) is 12.8 Å². The highest BCUT2D eigenvalue weighted by molar-refractivity contribution is 8.05. The van der Waals surface area contributed by atoms with Gasteiger partial charge in [-0.3, -0.25) is 0 Å². The van der Waals surface area contributed by atoms with Crippen molar-refractivity contribution in [2.75, 3.05) is 45.4 Å². The van der Waals surface area contributed by atoms with E-state index in [2.05, 4.69) is 48.8 Å². The molecule has 1 fully saturated rings. The number of hydrogen-bond donors (Lipinski definition) is 2. The normalized spacial score (nSPS) is 15.5. The van der Waals surface area contributed by atoms with Gasteiger partial charge in [0, 0.05) is 12.8 Å². The SMILES string of the molecule is CCCC[N+]1(C)CCCC1.CCCCn1cc[n+](C)c1.CS(=O)(=O)NS(=O)(=O)C(F)(F)F.CS(=O)(=O)NS(C)(=O)=O. The topological polar surface area (TPSA) is 169 Å². The number of likely N-dealkylation sites (tertiary alicyclic amines) is 1. The summed E-state index contributed by atoms with van der Waals surface area (Å²) in [6, 6.07) is 0. The first-order valence-corrected chi connectivity index (χ1v) is 19.7. The summed E-state index contributed by atoms with van der Waals surface area (Å²) in [6.45, 7) is 9.92. The molecule has 41 heavy (non-hydrogen) atoms. The first kappa shape index (κ1) is 41.8. The molecule has 0 aromatic carbocycles. The number of rotatable bonds is 10. The third-order valence-corrected chi connectivity index (χ3v) is 10.3. The molecule has 13 nitrogen and oxygen atoms in total. The Morgan fingerprint density at radius 3 is 1.54 bits per heavy atom. The van der Waals surface area contributed by atoms with Crippen LogP contribution < -0.4 is 12.8 Å². The van der Waals surface area contributed by atoms with Crippen molar-refractivity contribution < 1.29 is 55.9 Å².